The summed E-state index contributed by atoms with van der Waals surface area (Å²) in [5, 5.41) is 2.56. The van der Waals surface area contributed by atoms with Gasteiger partial charge >= 0.3 is 0 Å². The molecule has 1 aromatic heterocycles. The van der Waals surface area contributed by atoms with Crippen LogP contribution in [0.15, 0.2) is 12.3 Å². The van der Waals surface area contributed by atoms with E-state index in [-0.39, 0.29) is 5.91 Å². The maximum atomic E-state index is 11.4. The van der Waals surface area contributed by atoms with Gasteiger partial charge in [-0.05, 0) is 41.5 Å². The molecule has 0 unspecified atom stereocenters. The van der Waals surface area contributed by atoms with Crippen LogP contribution in [0.2, 0.25) is 0 Å². The second-order valence-corrected chi connectivity index (χ2v) is 4.43. The van der Waals surface area contributed by atoms with Gasteiger partial charge < -0.3 is 10.1 Å². The molecular formula is C10H11IN2O2. The van der Waals surface area contributed by atoms with Crippen molar-refractivity contribution in [3.05, 3.63) is 21.5 Å². The highest BCUT2D eigenvalue weighted by Crippen LogP contribution is 2.29. The van der Waals surface area contributed by atoms with Crippen molar-refractivity contribution in [2.45, 2.75) is 18.9 Å². The SMILES string of the molecule is CNC(=O)c1cnc(I)c(OC2CC2)c1. The Bertz CT molecular complexity index is 391. The molecule has 1 fully saturated rings. The zero-order valence-electron chi connectivity index (χ0n) is 8.29. The number of nitrogens with zero attached hydrogens (tertiary/aromatic N) is 1. The van der Waals surface area contributed by atoms with Crippen molar-refractivity contribution < 1.29 is 9.53 Å². The lowest BCUT2D eigenvalue weighted by Gasteiger charge is -2.07. The van der Waals surface area contributed by atoms with Crippen LogP contribution in [0.25, 0.3) is 0 Å². The minimum atomic E-state index is -0.139. The van der Waals surface area contributed by atoms with Gasteiger partial charge in [0.15, 0.2) is 5.75 Å². The Kier molecular flexibility index (Phi) is 3.08. The molecule has 1 aromatic rings. The largest absolute Gasteiger partial charge is 0.488 e. The third kappa shape index (κ3) is 2.58. The third-order valence-corrected chi connectivity index (χ3v) is 2.92. The van der Waals surface area contributed by atoms with Gasteiger partial charge in [0.2, 0.25) is 0 Å². The number of nitrogens with one attached hydrogen (secondary N) is 1. The second kappa shape index (κ2) is 4.34. The Balaban J connectivity index is 2.22. The van der Waals surface area contributed by atoms with E-state index >= 15 is 0 Å². The molecule has 0 atom stereocenters. The molecule has 0 bridgehead atoms. The van der Waals surface area contributed by atoms with Gasteiger partial charge in [-0.25, -0.2) is 4.98 Å². The van der Waals surface area contributed by atoms with Gasteiger partial charge in [-0.15, -0.1) is 0 Å². The second-order valence-electron chi connectivity index (χ2n) is 3.41. The fraction of sp³-hybridized carbons (Fsp3) is 0.400. The van der Waals surface area contributed by atoms with Gasteiger partial charge in [-0.3, -0.25) is 4.79 Å². The summed E-state index contributed by atoms with van der Waals surface area (Å²) in [4.78, 5) is 15.5. The van der Waals surface area contributed by atoms with Crippen LogP contribution in [0.1, 0.15) is 23.2 Å². The van der Waals surface area contributed by atoms with Crippen LogP contribution in [0.5, 0.6) is 5.75 Å². The van der Waals surface area contributed by atoms with Crippen molar-refractivity contribution in [3.8, 4) is 5.75 Å². The van der Waals surface area contributed by atoms with E-state index in [9.17, 15) is 4.79 Å². The first-order valence-electron chi connectivity index (χ1n) is 4.75. The van der Waals surface area contributed by atoms with Gasteiger partial charge in [0, 0.05) is 13.2 Å². The summed E-state index contributed by atoms with van der Waals surface area (Å²) >= 11 is 2.11. The van der Waals surface area contributed by atoms with Gasteiger partial charge in [0.05, 0.1) is 11.7 Å². The molecule has 1 aliphatic rings. The van der Waals surface area contributed by atoms with Crippen LogP contribution >= 0.6 is 22.6 Å². The molecule has 2 rings (SSSR count). The van der Waals surface area contributed by atoms with Crippen molar-refractivity contribution >= 4 is 28.5 Å². The fourth-order valence-corrected chi connectivity index (χ4v) is 1.57. The van der Waals surface area contributed by atoms with Crippen molar-refractivity contribution in [2.75, 3.05) is 7.05 Å². The minimum Gasteiger partial charge on any atom is -0.488 e. The first-order valence-corrected chi connectivity index (χ1v) is 5.83. The molecule has 0 saturated heterocycles. The highest BCUT2D eigenvalue weighted by atomic mass is 127. The van der Waals surface area contributed by atoms with E-state index in [1.807, 2.05) is 0 Å². The third-order valence-electron chi connectivity index (χ3n) is 2.11. The van der Waals surface area contributed by atoms with Crippen LogP contribution < -0.4 is 10.1 Å². The van der Waals surface area contributed by atoms with Crippen molar-refractivity contribution in [1.82, 2.24) is 10.3 Å². The summed E-state index contributed by atoms with van der Waals surface area (Å²) in [6.45, 7) is 0. The van der Waals surface area contributed by atoms with E-state index in [1.54, 1.807) is 19.3 Å². The number of rotatable bonds is 3. The van der Waals surface area contributed by atoms with Gasteiger partial charge in [0.25, 0.3) is 5.91 Å². The predicted molar refractivity (Wildman–Crippen MR) is 64.0 cm³/mol. The highest BCUT2D eigenvalue weighted by molar-refractivity contribution is 14.1. The number of hydrogen-bond donors (Lipinski definition) is 1. The lowest BCUT2D eigenvalue weighted by molar-refractivity contribution is 0.0962. The molecule has 4 nitrogen and oxygen atoms in total. The number of halogens is 1. The number of aromatic nitrogens is 1. The molecule has 15 heavy (non-hydrogen) atoms. The van der Waals surface area contributed by atoms with Crippen molar-refractivity contribution in [1.29, 1.82) is 0 Å². The first kappa shape index (κ1) is 10.7. The summed E-state index contributed by atoms with van der Waals surface area (Å²) in [5.41, 5.74) is 0.536. The van der Waals surface area contributed by atoms with Crippen LogP contribution in [0, 0.1) is 3.70 Å². The zero-order valence-corrected chi connectivity index (χ0v) is 10.4. The van der Waals surface area contributed by atoms with Gasteiger partial charge in [-0.1, -0.05) is 0 Å². The zero-order chi connectivity index (χ0) is 10.8. The molecule has 1 saturated carbocycles. The number of amides is 1. The average molecular weight is 318 g/mol. The Hall–Kier alpha value is -0.850. The van der Waals surface area contributed by atoms with Gasteiger partial charge in [-0.2, -0.15) is 0 Å². The maximum Gasteiger partial charge on any atom is 0.252 e. The standard InChI is InChI=1S/C10H11IN2O2/c1-12-10(14)6-4-8(9(11)13-5-6)15-7-2-3-7/h4-5,7H,2-3H2,1H3,(H,12,14). The first-order chi connectivity index (χ1) is 7.20. The normalized spacial score (nSPS) is 14.8. The monoisotopic (exact) mass is 318 g/mol. The Morgan fingerprint density at radius 1 is 1.67 bits per heavy atom. The summed E-state index contributed by atoms with van der Waals surface area (Å²) in [5.74, 6) is 0.568. The van der Waals surface area contributed by atoms with Crippen LogP contribution in [-0.2, 0) is 0 Å². The molecule has 1 aliphatic carbocycles. The van der Waals surface area contributed by atoms with Crippen molar-refractivity contribution in [2.24, 2.45) is 0 Å². The quantitative estimate of drug-likeness (QED) is 0.680. The average Bonchev–Trinajstić information content (AvgIpc) is 3.04. The van der Waals surface area contributed by atoms with Gasteiger partial charge in [0.1, 0.15) is 3.70 Å². The van der Waals surface area contributed by atoms with Crippen LogP contribution in [0.4, 0.5) is 0 Å². The molecule has 0 radical (unpaired) electrons. The van der Waals surface area contributed by atoms with E-state index < -0.39 is 0 Å². The minimum absolute atomic E-state index is 0.139. The number of hydrogen-bond acceptors (Lipinski definition) is 3. The highest BCUT2D eigenvalue weighted by Gasteiger charge is 2.25. The number of carbonyl (C=O) groups is 1. The topological polar surface area (TPSA) is 51.2 Å². The number of pyridine rings is 1. The predicted octanol–water partition coefficient (Wildman–Crippen LogP) is 1.59. The van der Waals surface area contributed by atoms with E-state index in [0.29, 0.717) is 17.4 Å². The molecule has 80 valence electrons. The molecule has 5 heteroatoms. The Morgan fingerprint density at radius 3 is 3.00 bits per heavy atom. The molecular weight excluding hydrogens is 307 g/mol. The van der Waals surface area contributed by atoms with E-state index in [2.05, 4.69) is 32.9 Å². The summed E-state index contributed by atoms with van der Waals surface area (Å²) in [6, 6.07) is 1.74. The molecule has 1 amide bonds. The fourth-order valence-electron chi connectivity index (χ4n) is 1.14. The molecule has 1 N–H and O–H groups in total. The molecule has 0 aromatic carbocycles. The number of carbonyl (C=O) groups excluding carboxylic acids is 1. The molecule has 1 heterocycles. The van der Waals surface area contributed by atoms with Crippen LogP contribution in [0.3, 0.4) is 0 Å². The van der Waals surface area contributed by atoms with Crippen molar-refractivity contribution in [3.63, 3.8) is 0 Å². The van der Waals surface area contributed by atoms with E-state index in [1.165, 1.54) is 0 Å². The molecule has 0 aliphatic heterocycles. The Morgan fingerprint density at radius 2 is 2.40 bits per heavy atom. The smallest absolute Gasteiger partial charge is 0.252 e. The van der Waals surface area contributed by atoms with Crippen LogP contribution in [-0.4, -0.2) is 24.0 Å². The van der Waals surface area contributed by atoms with E-state index in [0.717, 1.165) is 16.5 Å². The summed E-state index contributed by atoms with van der Waals surface area (Å²) in [6.07, 6.45) is 4.07. The van der Waals surface area contributed by atoms with E-state index in [4.69, 9.17) is 4.74 Å². The summed E-state index contributed by atoms with van der Waals surface area (Å²) < 4.78 is 6.44. The lowest BCUT2D eigenvalue weighted by atomic mass is 10.2. The Labute approximate surface area is 102 Å². The number of ether oxygens (including phenoxy) is 1. The summed E-state index contributed by atoms with van der Waals surface area (Å²) in [7, 11) is 1.60. The maximum absolute atomic E-state index is 11.4. The lowest BCUT2D eigenvalue weighted by Crippen LogP contribution is -2.18. The molecule has 0 spiro atoms.